The molecule has 0 aliphatic heterocycles. The van der Waals surface area contributed by atoms with Crippen LogP contribution in [0.1, 0.15) is 44.6 Å². The second-order valence-corrected chi connectivity index (χ2v) is 10.0. The molecular weight excluding hydrogens is 486 g/mol. The fourth-order valence-corrected chi connectivity index (χ4v) is 5.08. The number of hydrogen-bond donors (Lipinski definition) is 1. The lowest BCUT2D eigenvalue weighted by atomic mass is 10.1. The first-order valence-electron chi connectivity index (χ1n) is 12.7. The maximum Gasteiger partial charge on any atom is 0.275 e. The molecule has 37 heavy (non-hydrogen) atoms. The van der Waals surface area contributed by atoms with Crippen molar-refractivity contribution in [2.45, 2.75) is 46.0 Å². The molecule has 0 aliphatic rings. The predicted octanol–water partition coefficient (Wildman–Crippen LogP) is 5.90. The van der Waals surface area contributed by atoms with Gasteiger partial charge in [-0.15, -0.1) is 11.3 Å². The number of nitrogens with one attached hydrogen (secondary N) is 1. The van der Waals surface area contributed by atoms with E-state index in [0.29, 0.717) is 47.0 Å². The lowest BCUT2D eigenvalue weighted by Gasteiger charge is -2.13. The molecule has 2 aromatic heterocycles. The van der Waals surface area contributed by atoms with Crippen LogP contribution >= 0.6 is 11.3 Å². The average molecular weight is 520 g/mol. The van der Waals surface area contributed by atoms with Crippen molar-refractivity contribution >= 4 is 27.5 Å². The fraction of sp³-hybridized carbons (Fsp3) is 0.345. The molecule has 1 amide bonds. The van der Waals surface area contributed by atoms with Gasteiger partial charge in [0.15, 0.2) is 11.5 Å². The van der Waals surface area contributed by atoms with Gasteiger partial charge in [0.2, 0.25) is 5.91 Å². The highest BCUT2D eigenvalue weighted by Crippen LogP contribution is 2.32. The normalized spacial score (nSPS) is 11.0. The maximum atomic E-state index is 13.3. The molecule has 4 aromatic rings. The van der Waals surface area contributed by atoms with Crippen LogP contribution in [-0.4, -0.2) is 35.7 Å². The van der Waals surface area contributed by atoms with Crippen LogP contribution in [0.3, 0.4) is 0 Å². The summed E-state index contributed by atoms with van der Waals surface area (Å²) < 4.78 is 13.5. The Bertz CT molecular complexity index is 1410. The number of carbonyl (C=O) groups is 1. The van der Waals surface area contributed by atoms with E-state index >= 15 is 0 Å². The zero-order chi connectivity index (χ0) is 26.2. The van der Waals surface area contributed by atoms with Crippen molar-refractivity contribution in [2.24, 2.45) is 0 Å². The summed E-state index contributed by atoms with van der Waals surface area (Å²) in [5.74, 6) is 1.09. The highest BCUT2D eigenvalue weighted by Gasteiger charge is 2.14. The van der Waals surface area contributed by atoms with E-state index in [4.69, 9.17) is 9.47 Å². The lowest BCUT2D eigenvalue weighted by molar-refractivity contribution is -0.121. The Hall–Kier alpha value is -3.65. The van der Waals surface area contributed by atoms with Crippen molar-refractivity contribution in [3.8, 4) is 27.6 Å². The number of thiophene rings is 1. The molecule has 194 valence electrons. The highest BCUT2D eigenvalue weighted by molar-refractivity contribution is 7.22. The summed E-state index contributed by atoms with van der Waals surface area (Å²) in [4.78, 5) is 30.8. The van der Waals surface area contributed by atoms with E-state index in [9.17, 15) is 9.59 Å². The molecule has 1 N–H and O–H groups in total. The monoisotopic (exact) mass is 519 g/mol. The summed E-state index contributed by atoms with van der Waals surface area (Å²) in [6.07, 6.45) is 6.39. The second kappa shape index (κ2) is 12.5. The number of aryl methyl sites for hydroxylation is 1. The van der Waals surface area contributed by atoms with Gasteiger partial charge in [0, 0.05) is 17.4 Å². The van der Waals surface area contributed by atoms with Crippen molar-refractivity contribution in [1.29, 1.82) is 0 Å². The maximum absolute atomic E-state index is 13.3. The molecule has 0 fully saturated rings. The quantitative estimate of drug-likeness (QED) is 0.236. The first-order chi connectivity index (χ1) is 18.0. The zero-order valence-electron chi connectivity index (χ0n) is 21.6. The van der Waals surface area contributed by atoms with Gasteiger partial charge in [-0.3, -0.25) is 14.2 Å². The van der Waals surface area contributed by atoms with Crippen LogP contribution in [0.5, 0.6) is 11.5 Å². The number of ether oxygens (including phenoxy) is 2. The summed E-state index contributed by atoms with van der Waals surface area (Å²) in [6.45, 7) is 4.94. The molecule has 0 unspecified atom stereocenters. The smallest absolute Gasteiger partial charge is 0.275 e. The number of benzene rings is 2. The van der Waals surface area contributed by atoms with E-state index in [1.165, 1.54) is 21.5 Å². The summed E-state index contributed by atoms with van der Waals surface area (Å²) in [6, 6.07) is 15.5. The van der Waals surface area contributed by atoms with Crippen LogP contribution in [0.25, 0.3) is 26.3 Å². The summed E-state index contributed by atoms with van der Waals surface area (Å²) in [5, 5.41) is 2.89. The zero-order valence-corrected chi connectivity index (χ0v) is 22.4. The number of hydrogen-bond acceptors (Lipinski definition) is 6. The Morgan fingerprint density at radius 2 is 1.86 bits per heavy atom. The van der Waals surface area contributed by atoms with Crippen LogP contribution in [0, 0.1) is 6.92 Å². The number of methoxy groups -OCH3 is 1. The van der Waals surface area contributed by atoms with E-state index in [1.807, 2.05) is 13.0 Å². The molecule has 0 radical (unpaired) electrons. The Labute approximate surface area is 221 Å². The summed E-state index contributed by atoms with van der Waals surface area (Å²) >= 11 is 1.44. The third kappa shape index (κ3) is 6.57. The van der Waals surface area contributed by atoms with Gasteiger partial charge in [0.1, 0.15) is 17.6 Å². The van der Waals surface area contributed by atoms with E-state index < -0.39 is 0 Å². The third-order valence-corrected chi connectivity index (χ3v) is 7.30. The van der Waals surface area contributed by atoms with Crippen LogP contribution in [-0.2, 0) is 4.79 Å². The number of amides is 1. The van der Waals surface area contributed by atoms with Crippen molar-refractivity contribution < 1.29 is 14.3 Å². The number of nitrogens with zero attached hydrogens (tertiary/aromatic N) is 2. The first kappa shape index (κ1) is 26.4. The molecule has 0 bridgehead atoms. The molecular formula is C29H33N3O4S. The number of aromatic nitrogens is 2. The van der Waals surface area contributed by atoms with Gasteiger partial charge in [-0.2, -0.15) is 0 Å². The van der Waals surface area contributed by atoms with Crippen molar-refractivity contribution in [3.63, 3.8) is 0 Å². The summed E-state index contributed by atoms with van der Waals surface area (Å²) in [5.41, 5.74) is 3.44. The second-order valence-electron chi connectivity index (χ2n) is 8.96. The molecule has 0 spiro atoms. The molecule has 7 nitrogen and oxygen atoms in total. The van der Waals surface area contributed by atoms with Gasteiger partial charge in [-0.05, 0) is 37.1 Å². The van der Waals surface area contributed by atoms with Crippen molar-refractivity contribution in [2.75, 3.05) is 20.3 Å². The average Bonchev–Trinajstić information content (AvgIpc) is 3.35. The van der Waals surface area contributed by atoms with Gasteiger partial charge in [-0.1, -0.05) is 56.0 Å². The first-order valence-corrected chi connectivity index (χ1v) is 13.5. The minimum atomic E-state index is -0.134. The molecule has 2 heterocycles. The molecule has 4 rings (SSSR count). The van der Waals surface area contributed by atoms with Crippen LogP contribution < -0.4 is 20.3 Å². The molecule has 0 atom stereocenters. The number of carbonyl (C=O) groups excluding carboxylic acids is 1. The largest absolute Gasteiger partial charge is 0.493 e. The van der Waals surface area contributed by atoms with E-state index in [0.717, 1.165) is 36.1 Å². The Morgan fingerprint density at radius 1 is 1.05 bits per heavy atom. The van der Waals surface area contributed by atoms with Crippen LogP contribution in [0.2, 0.25) is 0 Å². The third-order valence-electron chi connectivity index (χ3n) is 6.14. The molecule has 8 heteroatoms. The molecule has 2 aromatic carbocycles. The Morgan fingerprint density at radius 3 is 2.62 bits per heavy atom. The minimum Gasteiger partial charge on any atom is -0.493 e. The number of fused-ring (bicyclic) bond motifs is 1. The standard InChI is InChI=1S/C29H33N3O4S/c1-4-5-6-7-8-27(33)30-15-16-36-24-14-13-22(17-25(24)35-3)32-19-31-23-18-26(37-28(23)29(32)34)21-11-9-20(2)10-12-21/h9-14,17-19H,4-8,15-16H2,1-3H3,(H,30,33). The molecule has 0 aliphatic carbocycles. The Balaban J connectivity index is 1.44. The van der Waals surface area contributed by atoms with Crippen molar-refractivity contribution in [3.05, 3.63) is 70.8 Å². The van der Waals surface area contributed by atoms with Gasteiger partial charge < -0.3 is 14.8 Å². The van der Waals surface area contributed by atoms with E-state index in [2.05, 4.69) is 41.5 Å². The Kier molecular flexibility index (Phi) is 8.95. The fourth-order valence-electron chi connectivity index (χ4n) is 4.03. The van der Waals surface area contributed by atoms with Crippen LogP contribution in [0.4, 0.5) is 0 Å². The molecule has 0 saturated heterocycles. The van der Waals surface area contributed by atoms with E-state index in [1.54, 1.807) is 31.6 Å². The summed E-state index contributed by atoms with van der Waals surface area (Å²) in [7, 11) is 1.56. The lowest BCUT2D eigenvalue weighted by Crippen LogP contribution is -2.27. The number of unbranched alkanes of at least 4 members (excludes halogenated alkanes) is 3. The van der Waals surface area contributed by atoms with Crippen LogP contribution in [0.15, 0.2) is 59.7 Å². The van der Waals surface area contributed by atoms with E-state index in [-0.39, 0.29) is 11.5 Å². The van der Waals surface area contributed by atoms with Gasteiger partial charge in [-0.25, -0.2) is 4.98 Å². The molecule has 0 saturated carbocycles. The van der Waals surface area contributed by atoms with Gasteiger partial charge in [0.25, 0.3) is 5.56 Å². The SMILES string of the molecule is CCCCCCC(=O)NCCOc1ccc(-n2cnc3cc(-c4ccc(C)cc4)sc3c2=O)cc1OC. The topological polar surface area (TPSA) is 82.5 Å². The van der Waals surface area contributed by atoms with Crippen molar-refractivity contribution in [1.82, 2.24) is 14.9 Å². The highest BCUT2D eigenvalue weighted by atomic mass is 32.1. The predicted molar refractivity (Wildman–Crippen MR) is 149 cm³/mol. The van der Waals surface area contributed by atoms with Gasteiger partial charge in [0.05, 0.1) is 24.9 Å². The minimum absolute atomic E-state index is 0.0448. The van der Waals surface area contributed by atoms with Gasteiger partial charge >= 0.3 is 0 Å². The number of rotatable bonds is 12.